The molecule has 2 rings (SSSR count). The Hall–Kier alpha value is -2.74. The van der Waals surface area contributed by atoms with Gasteiger partial charge >= 0.3 is 5.97 Å². The molecule has 0 atom stereocenters. The van der Waals surface area contributed by atoms with Crippen LogP contribution in [0.1, 0.15) is 20.7 Å². The minimum absolute atomic E-state index is 0.0191. The Kier molecular flexibility index (Phi) is 5.07. The van der Waals surface area contributed by atoms with Crippen molar-refractivity contribution in [2.45, 2.75) is 0 Å². The minimum Gasteiger partial charge on any atom is -0.494 e. The summed E-state index contributed by atoms with van der Waals surface area (Å²) in [6, 6.07) is 8.60. The fraction of sp³-hybridized carbons (Fsp3) is 0.0667. The van der Waals surface area contributed by atoms with Gasteiger partial charge in [-0.3, -0.25) is 4.79 Å². The molecule has 0 heterocycles. The van der Waals surface area contributed by atoms with Crippen molar-refractivity contribution in [3.63, 3.8) is 0 Å². The molecule has 0 aliphatic carbocycles. The topological polar surface area (TPSA) is 105 Å². The summed E-state index contributed by atoms with van der Waals surface area (Å²) in [4.78, 5) is 34.2. The molecule has 2 aromatic carbocycles. The van der Waals surface area contributed by atoms with Crippen LogP contribution in [0.3, 0.4) is 0 Å². The summed E-state index contributed by atoms with van der Waals surface area (Å²) < 4.78 is 5.52. The van der Waals surface area contributed by atoms with E-state index in [1.807, 2.05) is 0 Å². The number of benzene rings is 2. The number of rotatable bonds is 5. The number of amides is 1. The minimum atomic E-state index is -1.17. The van der Waals surface area contributed by atoms with Gasteiger partial charge in [-0.05, 0) is 41.6 Å². The van der Waals surface area contributed by atoms with Gasteiger partial charge in [-0.25, -0.2) is 4.79 Å². The van der Waals surface area contributed by atoms with Gasteiger partial charge < -0.3 is 15.2 Å². The molecule has 0 aromatic heterocycles. The Morgan fingerprint density at radius 2 is 1.96 bits per heavy atom. The Bertz CT molecular complexity index is 791. The Morgan fingerprint density at radius 1 is 1.22 bits per heavy atom. The standard InChI is InChI=1S/C15H11BrN2O5/c1-23-13-5-2-8(6-12(13)18-22)14(19)17-11-4-3-9(16)7-10(11)15(20)21/h2-7H,1H3,(H,17,19)(H,20,21). The molecule has 0 unspecified atom stereocenters. The van der Waals surface area contributed by atoms with Crippen LogP contribution < -0.4 is 10.1 Å². The Morgan fingerprint density at radius 3 is 2.57 bits per heavy atom. The third-order valence-electron chi connectivity index (χ3n) is 3.00. The highest BCUT2D eigenvalue weighted by Gasteiger charge is 2.15. The monoisotopic (exact) mass is 378 g/mol. The highest BCUT2D eigenvalue weighted by Crippen LogP contribution is 2.29. The van der Waals surface area contributed by atoms with Gasteiger partial charge in [0, 0.05) is 10.0 Å². The van der Waals surface area contributed by atoms with Gasteiger partial charge in [0.2, 0.25) is 0 Å². The molecule has 0 aliphatic heterocycles. The van der Waals surface area contributed by atoms with Gasteiger partial charge in [0.25, 0.3) is 5.91 Å². The number of anilines is 1. The maximum atomic E-state index is 12.2. The molecule has 0 saturated carbocycles. The summed E-state index contributed by atoms with van der Waals surface area (Å²) >= 11 is 3.17. The first kappa shape index (κ1) is 16.6. The second kappa shape index (κ2) is 7.01. The first-order chi connectivity index (χ1) is 11.0. The van der Waals surface area contributed by atoms with Crippen molar-refractivity contribution in [3.05, 3.63) is 56.9 Å². The summed E-state index contributed by atoms with van der Waals surface area (Å²) in [6.07, 6.45) is 0. The number of hydrogen-bond acceptors (Lipinski definition) is 5. The number of ether oxygens (including phenoxy) is 1. The Balaban J connectivity index is 2.33. The van der Waals surface area contributed by atoms with Gasteiger partial charge in [-0.1, -0.05) is 15.9 Å². The fourth-order valence-corrected chi connectivity index (χ4v) is 2.26. The number of aromatic carboxylic acids is 1. The Labute approximate surface area is 139 Å². The zero-order chi connectivity index (χ0) is 17.0. The third-order valence-corrected chi connectivity index (χ3v) is 3.49. The molecule has 8 heteroatoms. The van der Waals surface area contributed by atoms with Gasteiger partial charge in [0.05, 0.1) is 18.4 Å². The van der Waals surface area contributed by atoms with Crippen LogP contribution in [0.2, 0.25) is 0 Å². The lowest BCUT2D eigenvalue weighted by molar-refractivity contribution is 0.0698. The van der Waals surface area contributed by atoms with E-state index in [1.165, 1.54) is 37.4 Å². The largest absolute Gasteiger partial charge is 0.494 e. The number of carbonyl (C=O) groups is 2. The van der Waals surface area contributed by atoms with Crippen molar-refractivity contribution >= 4 is 39.2 Å². The molecule has 118 valence electrons. The molecule has 0 aliphatic rings. The summed E-state index contributed by atoms with van der Waals surface area (Å²) in [5.41, 5.74) is 0.214. The van der Waals surface area contributed by atoms with Crippen molar-refractivity contribution in [3.8, 4) is 5.75 Å². The normalized spacial score (nSPS) is 10.0. The average molecular weight is 379 g/mol. The maximum Gasteiger partial charge on any atom is 0.337 e. The van der Waals surface area contributed by atoms with E-state index >= 15 is 0 Å². The number of carbonyl (C=O) groups excluding carboxylic acids is 1. The molecule has 7 nitrogen and oxygen atoms in total. The van der Waals surface area contributed by atoms with Crippen molar-refractivity contribution in [2.75, 3.05) is 12.4 Å². The first-order valence-electron chi connectivity index (χ1n) is 6.32. The lowest BCUT2D eigenvalue weighted by Crippen LogP contribution is -2.14. The molecule has 0 saturated heterocycles. The third kappa shape index (κ3) is 3.72. The molecule has 0 spiro atoms. The van der Waals surface area contributed by atoms with E-state index in [2.05, 4.69) is 26.4 Å². The number of nitroso groups, excluding NO2 is 1. The molecule has 23 heavy (non-hydrogen) atoms. The predicted octanol–water partition coefficient (Wildman–Crippen LogP) is 3.81. The van der Waals surface area contributed by atoms with Gasteiger partial charge in [0.1, 0.15) is 5.75 Å². The smallest absolute Gasteiger partial charge is 0.337 e. The van der Waals surface area contributed by atoms with Gasteiger partial charge in [-0.15, -0.1) is 4.91 Å². The zero-order valence-electron chi connectivity index (χ0n) is 11.9. The van der Waals surface area contributed by atoms with Crippen LogP contribution in [0, 0.1) is 4.91 Å². The van der Waals surface area contributed by atoms with Crippen LogP contribution in [0.5, 0.6) is 5.75 Å². The van der Waals surface area contributed by atoms with Crippen LogP contribution in [0.15, 0.2) is 46.0 Å². The molecule has 1 amide bonds. The van der Waals surface area contributed by atoms with Crippen LogP contribution in [-0.2, 0) is 0 Å². The van der Waals surface area contributed by atoms with Crippen LogP contribution in [-0.4, -0.2) is 24.1 Å². The maximum absolute atomic E-state index is 12.2. The molecular weight excluding hydrogens is 368 g/mol. The number of carboxylic acids is 1. The van der Waals surface area contributed by atoms with Gasteiger partial charge in [0.15, 0.2) is 5.69 Å². The number of nitrogens with one attached hydrogen (secondary N) is 1. The summed E-state index contributed by atoms with van der Waals surface area (Å²) in [6.45, 7) is 0. The quantitative estimate of drug-likeness (QED) is 0.769. The van der Waals surface area contributed by atoms with E-state index in [9.17, 15) is 19.6 Å². The van der Waals surface area contributed by atoms with Crippen molar-refractivity contribution in [1.82, 2.24) is 0 Å². The molecule has 0 fully saturated rings. The van der Waals surface area contributed by atoms with Crippen molar-refractivity contribution in [1.29, 1.82) is 0 Å². The fourth-order valence-electron chi connectivity index (χ4n) is 1.90. The van der Waals surface area contributed by atoms with Crippen molar-refractivity contribution in [2.24, 2.45) is 5.18 Å². The lowest BCUT2D eigenvalue weighted by Gasteiger charge is -2.10. The molecule has 0 bridgehead atoms. The van der Waals surface area contributed by atoms with E-state index < -0.39 is 11.9 Å². The van der Waals surface area contributed by atoms with E-state index in [0.717, 1.165) is 0 Å². The summed E-state index contributed by atoms with van der Waals surface area (Å²) in [5.74, 6) is -1.50. The predicted molar refractivity (Wildman–Crippen MR) is 87.5 cm³/mol. The van der Waals surface area contributed by atoms with E-state index in [0.29, 0.717) is 4.47 Å². The first-order valence-corrected chi connectivity index (χ1v) is 7.11. The van der Waals surface area contributed by atoms with Crippen LogP contribution in [0.4, 0.5) is 11.4 Å². The second-order valence-corrected chi connectivity index (χ2v) is 5.34. The second-order valence-electron chi connectivity index (χ2n) is 4.43. The van der Waals surface area contributed by atoms with E-state index in [4.69, 9.17) is 4.74 Å². The molecule has 0 radical (unpaired) electrons. The van der Waals surface area contributed by atoms with Crippen LogP contribution >= 0.6 is 15.9 Å². The highest BCUT2D eigenvalue weighted by molar-refractivity contribution is 9.10. The highest BCUT2D eigenvalue weighted by atomic mass is 79.9. The van der Waals surface area contributed by atoms with Crippen molar-refractivity contribution < 1.29 is 19.4 Å². The lowest BCUT2D eigenvalue weighted by atomic mass is 10.1. The van der Waals surface area contributed by atoms with E-state index in [-0.39, 0.29) is 28.3 Å². The SMILES string of the molecule is COc1ccc(C(=O)Nc2ccc(Br)cc2C(=O)O)cc1N=O. The van der Waals surface area contributed by atoms with Gasteiger partial charge in [-0.2, -0.15) is 0 Å². The number of nitrogens with zero attached hydrogens (tertiary/aromatic N) is 1. The van der Waals surface area contributed by atoms with Crippen LogP contribution in [0.25, 0.3) is 0 Å². The average Bonchev–Trinajstić information content (AvgIpc) is 2.55. The zero-order valence-corrected chi connectivity index (χ0v) is 13.5. The molecular formula is C15H11BrN2O5. The van der Waals surface area contributed by atoms with E-state index in [1.54, 1.807) is 6.07 Å². The summed E-state index contributed by atoms with van der Waals surface area (Å²) in [7, 11) is 1.38. The number of hydrogen-bond donors (Lipinski definition) is 2. The molecule has 2 aromatic rings. The summed E-state index contributed by atoms with van der Waals surface area (Å²) in [5, 5.41) is 14.5. The number of methoxy groups -OCH3 is 1. The molecule has 2 N–H and O–H groups in total. The number of halogens is 1. The number of carboxylic acid groups (broad SMARTS) is 1.